The maximum Gasteiger partial charge on any atom is 0.136 e. The van der Waals surface area contributed by atoms with E-state index in [4.69, 9.17) is 11.5 Å². The maximum absolute atomic E-state index is 11.0. The molecule has 4 N–H and O–H groups in total. The minimum Gasteiger partial charge on any atom is -0.316 e. The number of ketones is 2. The first-order chi connectivity index (χ1) is 5.56. The van der Waals surface area contributed by atoms with Gasteiger partial charge >= 0.3 is 0 Å². The molecule has 0 fully saturated rings. The van der Waals surface area contributed by atoms with Crippen LogP contribution in [-0.4, -0.2) is 17.7 Å². The summed E-state index contributed by atoms with van der Waals surface area (Å²) >= 11 is 0. The third kappa shape index (κ3) is 6.00. The van der Waals surface area contributed by atoms with E-state index in [2.05, 4.69) is 0 Å². The van der Waals surface area contributed by atoms with Crippen molar-refractivity contribution in [3.05, 3.63) is 0 Å². The molecule has 0 aromatic rings. The lowest BCUT2D eigenvalue weighted by Crippen LogP contribution is -2.32. The van der Waals surface area contributed by atoms with Crippen LogP contribution in [0.3, 0.4) is 0 Å². The summed E-state index contributed by atoms with van der Waals surface area (Å²) in [6.45, 7) is 1.78. The summed E-state index contributed by atoms with van der Waals surface area (Å²) in [7, 11) is 0. The first kappa shape index (κ1) is 11.3. The first-order valence-electron chi connectivity index (χ1n) is 4.10. The molecular formula is C8H16N2O2. The predicted octanol–water partition coefficient (Wildman–Crippen LogP) is -0.0516. The highest BCUT2D eigenvalue weighted by molar-refractivity contribution is 5.86. The monoisotopic (exact) mass is 172 g/mol. The van der Waals surface area contributed by atoms with Gasteiger partial charge in [-0.25, -0.2) is 0 Å². The van der Waals surface area contributed by atoms with Gasteiger partial charge in [-0.3, -0.25) is 9.59 Å². The second-order valence-electron chi connectivity index (χ2n) is 2.80. The normalized spacial score (nSPS) is 10.3. The number of carbonyl (C=O) groups excluding carboxylic acids is 2. The summed E-state index contributed by atoms with van der Waals surface area (Å²) < 4.78 is 0. The van der Waals surface area contributed by atoms with Crippen LogP contribution in [0, 0.1) is 0 Å². The van der Waals surface area contributed by atoms with E-state index in [0.717, 1.165) is 0 Å². The summed E-state index contributed by atoms with van der Waals surface area (Å²) in [6, 6.07) is 0. The second-order valence-corrected chi connectivity index (χ2v) is 2.80. The molecule has 0 aromatic heterocycles. The van der Waals surface area contributed by atoms with E-state index in [0.29, 0.717) is 12.8 Å². The van der Waals surface area contributed by atoms with E-state index in [1.165, 1.54) is 0 Å². The zero-order valence-electron chi connectivity index (χ0n) is 7.38. The minimum atomic E-state index is -0.589. The Hall–Kier alpha value is -0.740. The van der Waals surface area contributed by atoms with Gasteiger partial charge in [-0.1, -0.05) is 6.92 Å². The van der Waals surface area contributed by atoms with Crippen molar-refractivity contribution < 1.29 is 9.59 Å². The van der Waals surface area contributed by atoms with Crippen LogP contribution < -0.4 is 11.5 Å². The smallest absolute Gasteiger partial charge is 0.136 e. The maximum atomic E-state index is 11.0. The Bertz CT molecular complexity index is 166. The molecular weight excluding hydrogens is 156 g/mol. The molecule has 0 spiro atoms. The van der Waals surface area contributed by atoms with E-state index in [1.807, 2.05) is 0 Å². The molecule has 12 heavy (non-hydrogen) atoms. The van der Waals surface area contributed by atoms with Crippen molar-refractivity contribution in [2.45, 2.75) is 38.8 Å². The Kier molecular flexibility index (Phi) is 5.49. The molecule has 0 saturated heterocycles. The Morgan fingerprint density at radius 1 is 1.17 bits per heavy atom. The largest absolute Gasteiger partial charge is 0.316 e. The lowest BCUT2D eigenvalue weighted by molar-refractivity contribution is -0.124. The molecule has 0 aliphatic rings. The Balaban J connectivity index is 3.51. The van der Waals surface area contributed by atoms with Crippen LogP contribution in [0.1, 0.15) is 32.6 Å². The van der Waals surface area contributed by atoms with Gasteiger partial charge in [0, 0.05) is 25.7 Å². The standard InChI is InChI=1S/C8H16N2O2/c1-2-6(11)3-4-7(12)5-8(9)10/h8H,2-5,9-10H2,1H3. The van der Waals surface area contributed by atoms with E-state index >= 15 is 0 Å². The molecule has 0 aliphatic heterocycles. The van der Waals surface area contributed by atoms with Crippen LogP contribution in [0.5, 0.6) is 0 Å². The van der Waals surface area contributed by atoms with Gasteiger partial charge in [0.1, 0.15) is 11.6 Å². The van der Waals surface area contributed by atoms with E-state index in [9.17, 15) is 9.59 Å². The van der Waals surface area contributed by atoms with Gasteiger partial charge in [0.2, 0.25) is 0 Å². The van der Waals surface area contributed by atoms with Crippen LogP contribution in [0.25, 0.3) is 0 Å². The third-order valence-electron chi connectivity index (χ3n) is 1.54. The summed E-state index contributed by atoms with van der Waals surface area (Å²) in [5.74, 6) is 0.0701. The molecule has 0 rings (SSSR count). The molecule has 0 aromatic carbocycles. The van der Waals surface area contributed by atoms with Crippen LogP contribution in [0.2, 0.25) is 0 Å². The fourth-order valence-corrected chi connectivity index (χ4v) is 0.821. The lowest BCUT2D eigenvalue weighted by Gasteiger charge is -2.02. The number of rotatable bonds is 6. The SMILES string of the molecule is CCC(=O)CCC(=O)CC(N)N. The van der Waals surface area contributed by atoms with Crippen molar-refractivity contribution in [2.75, 3.05) is 0 Å². The lowest BCUT2D eigenvalue weighted by atomic mass is 10.1. The van der Waals surface area contributed by atoms with Crippen molar-refractivity contribution in [3.63, 3.8) is 0 Å². The highest BCUT2D eigenvalue weighted by atomic mass is 16.1. The molecule has 4 nitrogen and oxygen atoms in total. The van der Waals surface area contributed by atoms with Crippen LogP contribution in [0.15, 0.2) is 0 Å². The zero-order valence-corrected chi connectivity index (χ0v) is 7.38. The van der Waals surface area contributed by atoms with Gasteiger partial charge in [0.15, 0.2) is 0 Å². The topological polar surface area (TPSA) is 86.2 Å². The molecule has 70 valence electrons. The van der Waals surface area contributed by atoms with E-state index in [1.54, 1.807) is 6.92 Å². The second kappa shape index (κ2) is 5.85. The highest BCUT2D eigenvalue weighted by Gasteiger charge is 2.07. The average Bonchev–Trinajstić information content (AvgIpc) is 1.99. The minimum absolute atomic E-state index is 0.0354. The quantitative estimate of drug-likeness (QED) is 0.550. The van der Waals surface area contributed by atoms with Crippen LogP contribution in [-0.2, 0) is 9.59 Å². The molecule has 0 saturated carbocycles. The molecule has 0 unspecified atom stereocenters. The fourth-order valence-electron chi connectivity index (χ4n) is 0.821. The van der Waals surface area contributed by atoms with Gasteiger partial charge < -0.3 is 11.5 Å². The van der Waals surface area contributed by atoms with Crippen molar-refractivity contribution >= 4 is 11.6 Å². The third-order valence-corrected chi connectivity index (χ3v) is 1.54. The van der Waals surface area contributed by atoms with Crippen molar-refractivity contribution in [1.82, 2.24) is 0 Å². The molecule has 0 atom stereocenters. The Morgan fingerprint density at radius 2 is 1.67 bits per heavy atom. The van der Waals surface area contributed by atoms with Crippen LogP contribution >= 0.6 is 0 Å². The molecule has 0 radical (unpaired) electrons. The van der Waals surface area contributed by atoms with Crippen molar-refractivity contribution in [2.24, 2.45) is 11.5 Å². The molecule has 0 heterocycles. The molecule has 0 amide bonds. The Labute approximate surface area is 72.3 Å². The number of Topliss-reactive ketones (excluding diaryl/α,β-unsaturated/α-hetero) is 2. The predicted molar refractivity (Wildman–Crippen MR) is 46.3 cm³/mol. The van der Waals surface area contributed by atoms with E-state index in [-0.39, 0.29) is 24.4 Å². The number of hydrogen-bond donors (Lipinski definition) is 2. The number of carbonyl (C=O) groups is 2. The summed E-state index contributed by atoms with van der Waals surface area (Å²) in [6.07, 6.45) is 0.660. The zero-order chi connectivity index (χ0) is 9.56. The van der Waals surface area contributed by atoms with Crippen molar-refractivity contribution in [1.29, 1.82) is 0 Å². The molecule has 0 aliphatic carbocycles. The van der Waals surface area contributed by atoms with Gasteiger partial charge in [0.25, 0.3) is 0 Å². The van der Waals surface area contributed by atoms with Crippen molar-refractivity contribution in [3.8, 4) is 0 Å². The molecule has 0 bridgehead atoms. The number of hydrogen-bond acceptors (Lipinski definition) is 4. The summed E-state index contributed by atoms with van der Waals surface area (Å²) in [4.78, 5) is 21.7. The highest BCUT2D eigenvalue weighted by Crippen LogP contribution is 1.98. The molecule has 4 heteroatoms. The van der Waals surface area contributed by atoms with Gasteiger partial charge in [-0.05, 0) is 0 Å². The fraction of sp³-hybridized carbons (Fsp3) is 0.750. The van der Waals surface area contributed by atoms with E-state index < -0.39 is 6.17 Å². The summed E-state index contributed by atoms with van der Waals surface area (Å²) in [5, 5.41) is 0. The van der Waals surface area contributed by atoms with Gasteiger partial charge in [-0.2, -0.15) is 0 Å². The van der Waals surface area contributed by atoms with Gasteiger partial charge in [0.05, 0.1) is 6.17 Å². The average molecular weight is 172 g/mol. The Morgan fingerprint density at radius 3 is 2.08 bits per heavy atom. The van der Waals surface area contributed by atoms with Gasteiger partial charge in [-0.15, -0.1) is 0 Å². The summed E-state index contributed by atoms with van der Waals surface area (Å²) in [5.41, 5.74) is 10.4. The van der Waals surface area contributed by atoms with Crippen LogP contribution in [0.4, 0.5) is 0 Å². The number of nitrogens with two attached hydrogens (primary N) is 2. The first-order valence-corrected chi connectivity index (χ1v) is 4.10.